The molecule has 0 atom stereocenters. The van der Waals surface area contributed by atoms with E-state index in [0.29, 0.717) is 17.9 Å². The molecule has 0 aliphatic carbocycles. The molecule has 2 amide bonds. The largest absolute Gasteiger partial charge is 0.497 e. The van der Waals surface area contributed by atoms with Crippen LogP contribution in [-0.4, -0.2) is 45.4 Å². The van der Waals surface area contributed by atoms with Gasteiger partial charge in [0.25, 0.3) is 21.6 Å². The molecular formula is C27H30N4O7S. The molecule has 0 aliphatic rings. The minimum atomic E-state index is -4.43. The first-order chi connectivity index (χ1) is 18.6. The number of rotatable bonds is 12. The maximum absolute atomic E-state index is 13.7. The number of nitro benzene ring substituents is 1. The fourth-order valence-electron chi connectivity index (χ4n) is 3.72. The van der Waals surface area contributed by atoms with Crippen molar-refractivity contribution in [1.29, 1.82) is 0 Å². The van der Waals surface area contributed by atoms with Gasteiger partial charge in [0, 0.05) is 18.2 Å². The molecule has 3 rings (SSSR count). The molecule has 0 aliphatic heterocycles. The fraction of sp³-hybridized carbons (Fsp3) is 0.259. The minimum absolute atomic E-state index is 0.139. The number of benzene rings is 3. The molecule has 0 saturated carbocycles. The molecule has 39 heavy (non-hydrogen) atoms. The Hall–Kier alpha value is -4.45. The van der Waals surface area contributed by atoms with Crippen molar-refractivity contribution in [2.24, 2.45) is 0 Å². The number of ether oxygens (including phenoxy) is 1. The standard InChI is InChI=1S/C27H30N4O7S/c1-4-5-16-28-27(33)23-8-6-7-9-24(23)29-26(32)18-30(20-11-13-21(38-3)14-12-20)39(36,37)22-15-10-19(2)25(17-22)31(34)35/h6-15,17H,4-5,16,18H2,1-3H3,(H,28,33)(H,29,32). The summed E-state index contributed by atoms with van der Waals surface area (Å²) in [5, 5.41) is 16.9. The topological polar surface area (TPSA) is 148 Å². The van der Waals surface area contributed by atoms with Gasteiger partial charge >= 0.3 is 0 Å². The molecule has 2 N–H and O–H groups in total. The summed E-state index contributed by atoms with van der Waals surface area (Å²) in [7, 11) is -2.97. The van der Waals surface area contributed by atoms with Crippen LogP contribution in [0.15, 0.2) is 71.6 Å². The van der Waals surface area contributed by atoms with E-state index in [4.69, 9.17) is 4.74 Å². The van der Waals surface area contributed by atoms with Gasteiger partial charge in [-0.1, -0.05) is 31.5 Å². The number of anilines is 2. The molecule has 0 unspecified atom stereocenters. The number of carbonyl (C=O) groups excluding carboxylic acids is 2. The highest BCUT2D eigenvalue weighted by Gasteiger charge is 2.29. The van der Waals surface area contributed by atoms with Gasteiger partial charge in [-0.05, 0) is 55.8 Å². The molecular weight excluding hydrogens is 524 g/mol. The maximum atomic E-state index is 13.7. The van der Waals surface area contributed by atoms with E-state index < -0.39 is 27.4 Å². The van der Waals surface area contributed by atoms with E-state index >= 15 is 0 Å². The van der Waals surface area contributed by atoms with Crippen LogP contribution in [0.5, 0.6) is 5.75 Å². The van der Waals surface area contributed by atoms with Crippen LogP contribution in [0, 0.1) is 17.0 Å². The van der Waals surface area contributed by atoms with Gasteiger partial charge in [0.05, 0.1) is 33.9 Å². The first-order valence-corrected chi connectivity index (χ1v) is 13.6. The zero-order valence-corrected chi connectivity index (χ0v) is 22.7. The van der Waals surface area contributed by atoms with Gasteiger partial charge in [-0.3, -0.25) is 24.0 Å². The average molecular weight is 555 g/mol. The second kappa shape index (κ2) is 12.9. The second-order valence-corrected chi connectivity index (χ2v) is 10.5. The number of para-hydroxylation sites is 1. The van der Waals surface area contributed by atoms with Gasteiger partial charge in [-0.15, -0.1) is 0 Å². The van der Waals surface area contributed by atoms with Crippen molar-refractivity contribution in [3.63, 3.8) is 0 Å². The number of carbonyl (C=O) groups is 2. The summed E-state index contributed by atoms with van der Waals surface area (Å²) in [6, 6.07) is 15.9. The molecule has 0 saturated heterocycles. The van der Waals surface area contributed by atoms with Gasteiger partial charge in [0.15, 0.2) is 0 Å². The molecule has 11 nitrogen and oxygen atoms in total. The Morgan fingerprint density at radius 1 is 1.05 bits per heavy atom. The van der Waals surface area contributed by atoms with Crippen LogP contribution in [0.25, 0.3) is 0 Å². The van der Waals surface area contributed by atoms with Crippen LogP contribution in [0.2, 0.25) is 0 Å². The van der Waals surface area contributed by atoms with Crippen molar-refractivity contribution in [1.82, 2.24) is 5.32 Å². The van der Waals surface area contributed by atoms with E-state index in [1.54, 1.807) is 24.3 Å². The number of amides is 2. The summed E-state index contributed by atoms with van der Waals surface area (Å²) in [5.41, 5.74) is 0.518. The van der Waals surface area contributed by atoms with E-state index in [1.165, 1.54) is 50.4 Å². The highest BCUT2D eigenvalue weighted by atomic mass is 32.2. The number of hydrogen-bond acceptors (Lipinski definition) is 7. The van der Waals surface area contributed by atoms with Gasteiger partial charge in [-0.2, -0.15) is 0 Å². The number of methoxy groups -OCH3 is 1. The molecule has 0 heterocycles. The molecule has 3 aromatic carbocycles. The summed E-state index contributed by atoms with van der Waals surface area (Å²) < 4.78 is 33.4. The predicted molar refractivity (Wildman–Crippen MR) is 148 cm³/mol. The van der Waals surface area contributed by atoms with Crippen LogP contribution in [-0.2, 0) is 14.8 Å². The van der Waals surface area contributed by atoms with Crippen LogP contribution in [0.4, 0.5) is 17.1 Å². The Labute approximate surface area is 227 Å². The summed E-state index contributed by atoms with van der Waals surface area (Å²) in [5.74, 6) is -0.620. The Morgan fingerprint density at radius 2 is 1.74 bits per heavy atom. The van der Waals surface area contributed by atoms with Crippen molar-refractivity contribution in [3.05, 3.63) is 88.0 Å². The average Bonchev–Trinajstić information content (AvgIpc) is 2.92. The molecule has 12 heteroatoms. The first-order valence-electron chi connectivity index (χ1n) is 12.2. The lowest BCUT2D eigenvalue weighted by Crippen LogP contribution is -2.38. The van der Waals surface area contributed by atoms with E-state index in [9.17, 15) is 28.1 Å². The third-order valence-electron chi connectivity index (χ3n) is 5.87. The molecule has 0 aromatic heterocycles. The first kappa shape index (κ1) is 29.1. The van der Waals surface area contributed by atoms with Gasteiger partial charge in [0.2, 0.25) is 5.91 Å². The number of nitrogens with zero attached hydrogens (tertiary/aromatic N) is 2. The van der Waals surface area contributed by atoms with E-state index in [-0.39, 0.29) is 33.4 Å². The quantitative estimate of drug-likeness (QED) is 0.193. The number of nitrogens with one attached hydrogen (secondary N) is 2. The SMILES string of the molecule is CCCCNC(=O)c1ccccc1NC(=O)CN(c1ccc(OC)cc1)S(=O)(=O)c1ccc(C)c([N+](=O)[O-])c1. The Morgan fingerprint density at radius 3 is 2.38 bits per heavy atom. The molecule has 3 aromatic rings. The van der Waals surface area contributed by atoms with Crippen LogP contribution < -0.4 is 19.7 Å². The van der Waals surface area contributed by atoms with Crippen LogP contribution in [0.3, 0.4) is 0 Å². The Bertz CT molecular complexity index is 1460. The molecule has 0 spiro atoms. The molecule has 0 bridgehead atoms. The van der Waals surface area contributed by atoms with Gasteiger partial charge < -0.3 is 15.4 Å². The van der Waals surface area contributed by atoms with Gasteiger partial charge in [-0.25, -0.2) is 8.42 Å². The Kier molecular flexibility index (Phi) is 9.61. The molecule has 0 fully saturated rings. The summed E-state index contributed by atoms with van der Waals surface area (Å²) in [6.07, 6.45) is 1.70. The fourth-order valence-corrected chi connectivity index (χ4v) is 5.16. The van der Waals surface area contributed by atoms with Crippen LogP contribution in [0.1, 0.15) is 35.7 Å². The monoisotopic (exact) mass is 554 g/mol. The van der Waals surface area contributed by atoms with Crippen LogP contribution >= 0.6 is 0 Å². The summed E-state index contributed by atoms with van der Waals surface area (Å²) >= 11 is 0. The zero-order valence-electron chi connectivity index (χ0n) is 21.8. The van der Waals surface area contributed by atoms with E-state index in [2.05, 4.69) is 10.6 Å². The third kappa shape index (κ3) is 7.11. The van der Waals surface area contributed by atoms with Crippen molar-refractivity contribution >= 4 is 38.9 Å². The van der Waals surface area contributed by atoms with Crippen molar-refractivity contribution < 1.29 is 27.7 Å². The highest BCUT2D eigenvalue weighted by Crippen LogP contribution is 2.29. The van der Waals surface area contributed by atoms with Crippen molar-refractivity contribution in [3.8, 4) is 5.75 Å². The lowest BCUT2D eigenvalue weighted by Gasteiger charge is -2.24. The second-order valence-electron chi connectivity index (χ2n) is 8.62. The van der Waals surface area contributed by atoms with Gasteiger partial charge in [0.1, 0.15) is 12.3 Å². The predicted octanol–water partition coefficient (Wildman–Crippen LogP) is 4.28. The van der Waals surface area contributed by atoms with Crippen molar-refractivity contribution in [2.75, 3.05) is 29.8 Å². The number of nitro groups is 1. The number of aryl methyl sites for hydroxylation is 1. The van der Waals surface area contributed by atoms with Crippen molar-refractivity contribution in [2.45, 2.75) is 31.6 Å². The Balaban J connectivity index is 1.96. The normalized spacial score (nSPS) is 10.9. The third-order valence-corrected chi connectivity index (χ3v) is 7.64. The number of sulfonamides is 1. The highest BCUT2D eigenvalue weighted by molar-refractivity contribution is 7.92. The number of unbranched alkanes of at least 4 members (excludes halogenated alkanes) is 1. The summed E-state index contributed by atoms with van der Waals surface area (Å²) in [4.78, 5) is 36.3. The summed E-state index contributed by atoms with van der Waals surface area (Å²) in [6.45, 7) is 3.31. The minimum Gasteiger partial charge on any atom is -0.497 e. The molecule has 0 radical (unpaired) electrons. The lowest BCUT2D eigenvalue weighted by atomic mass is 10.1. The van der Waals surface area contributed by atoms with E-state index in [0.717, 1.165) is 23.2 Å². The lowest BCUT2D eigenvalue weighted by molar-refractivity contribution is -0.385. The molecule has 206 valence electrons. The zero-order chi connectivity index (χ0) is 28.6. The van der Waals surface area contributed by atoms with E-state index in [1.807, 2.05) is 6.92 Å². The smallest absolute Gasteiger partial charge is 0.273 e. The maximum Gasteiger partial charge on any atom is 0.273 e. The number of hydrogen-bond donors (Lipinski definition) is 2.